The van der Waals surface area contributed by atoms with Crippen LogP contribution in [0.15, 0.2) is 0 Å². The van der Waals surface area contributed by atoms with Crippen LogP contribution in [-0.4, -0.2) is 27.0 Å². The van der Waals surface area contributed by atoms with Gasteiger partial charge in [-0.15, -0.1) is 0 Å². The molecule has 15 heavy (non-hydrogen) atoms. The smallest absolute Gasteiger partial charge is 0.332 e. The van der Waals surface area contributed by atoms with Crippen molar-refractivity contribution in [3.63, 3.8) is 0 Å². The minimum absolute atomic E-state index is 0.159. The molecule has 0 spiro atoms. The molecule has 0 unspecified atom stereocenters. The maximum absolute atomic E-state index is 10.5. The van der Waals surface area contributed by atoms with Gasteiger partial charge in [-0.05, 0) is 13.8 Å². The van der Waals surface area contributed by atoms with Crippen LogP contribution < -0.4 is 0 Å². The highest BCUT2D eigenvalue weighted by molar-refractivity contribution is 6.30. The van der Waals surface area contributed by atoms with Gasteiger partial charge in [-0.2, -0.15) is 5.10 Å². The second-order valence-electron chi connectivity index (χ2n) is 3.27. The van der Waals surface area contributed by atoms with Crippen LogP contribution in [0.25, 0.3) is 0 Å². The maximum atomic E-state index is 10.5. The fourth-order valence-electron chi connectivity index (χ4n) is 1.12. The minimum atomic E-state index is -0.993. The first kappa shape index (κ1) is 12.0. The third kappa shape index (κ3) is 2.70. The molecule has 0 aliphatic heterocycles. The summed E-state index contributed by atoms with van der Waals surface area (Å²) in [5, 5.41) is 13.2. The molecular formula is C9H13ClN2O3. The predicted octanol–water partition coefficient (Wildman–Crippen LogP) is 1.37. The molecule has 0 bridgehead atoms. The molecule has 0 aliphatic carbocycles. The lowest BCUT2D eigenvalue weighted by molar-refractivity contribution is -0.149. The average molecular weight is 233 g/mol. The standard InChI is InChI=1S/C9H13ClN2O3/c1-5-7(8(10)12(3)11-5)4-15-6(2)9(13)14/h6H,4H2,1-3H3,(H,13,14)/t6-/m1/s1. The second-order valence-corrected chi connectivity index (χ2v) is 3.63. The topological polar surface area (TPSA) is 64.4 Å². The van der Waals surface area contributed by atoms with E-state index in [0.29, 0.717) is 5.15 Å². The Kier molecular flexibility index (Phi) is 3.71. The third-order valence-corrected chi connectivity index (χ3v) is 2.57. The number of halogens is 1. The van der Waals surface area contributed by atoms with E-state index >= 15 is 0 Å². The zero-order chi connectivity index (χ0) is 11.6. The molecule has 0 saturated carbocycles. The van der Waals surface area contributed by atoms with Crippen LogP contribution in [-0.2, 0) is 23.2 Å². The van der Waals surface area contributed by atoms with Gasteiger partial charge in [-0.25, -0.2) is 4.79 Å². The number of carboxylic acids is 1. The van der Waals surface area contributed by atoms with Crippen molar-refractivity contribution in [1.82, 2.24) is 9.78 Å². The lowest BCUT2D eigenvalue weighted by Crippen LogP contribution is -2.19. The molecule has 6 heteroatoms. The van der Waals surface area contributed by atoms with Gasteiger partial charge >= 0.3 is 5.97 Å². The number of carbonyl (C=O) groups is 1. The highest BCUT2D eigenvalue weighted by Crippen LogP contribution is 2.19. The van der Waals surface area contributed by atoms with Gasteiger partial charge in [-0.1, -0.05) is 11.6 Å². The van der Waals surface area contributed by atoms with Gasteiger partial charge < -0.3 is 9.84 Å². The number of aromatic nitrogens is 2. The highest BCUT2D eigenvalue weighted by Gasteiger charge is 2.15. The molecule has 84 valence electrons. The molecule has 0 aliphatic rings. The van der Waals surface area contributed by atoms with Crippen molar-refractivity contribution >= 4 is 17.6 Å². The Hall–Kier alpha value is -1.07. The van der Waals surface area contributed by atoms with E-state index in [1.807, 2.05) is 0 Å². The number of rotatable bonds is 4. The first-order chi connectivity index (χ1) is 6.93. The fourth-order valence-corrected chi connectivity index (χ4v) is 1.35. The van der Waals surface area contributed by atoms with Gasteiger partial charge in [0.25, 0.3) is 0 Å². The maximum Gasteiger partial charge on any atom is 0.332 e. The SMILES string of the molecule is Cc1nn(C)c(Cl)c1CO[C@H](C)C(=O)O. The zero-order valence-corrected chi connectivity index (χ0v) is 9.58. The number of hydrogen-bond acceptors (Lipinski definition) is 3. The zero-order valence-electron chi connectivity index (χ0n) is 8.82. The summed E-state index contributed by atoms with van der Waals surface area (Å²) in [5.41, 5.74) is 1.48. The molecule has 0 fully saturated rings. The molecule has 5 nitrogen and oxygen atoms in total. The van der Waals surface area contributed by atoms with E-state index in [9.17, 15) is 4.79 Å². The summed E-state index contributed by atoms with van der Waals surface area (Å²) >= 11 is 5.95. The van der Waals surface area contributed by atoms with Gasteiger partial charge in [0.05, 0.1) is 12.3 Å². The van der Waals surface area contributed by atoms with Gasteiger partial charge in [0.1, 0.15) is 5.15 Å². The van der Waals surface area contributed by atoms with E-state index in [2.05, 4.69) is 5.10 Å². The molecule has 0 radical (unpaired) electrons. The summed E-state index contributed by atoms with van der Waals surface area (Å²) in [6.07, 6.45) is -0.847. The van der Waals surface area contributed by atoms with Crippen molar-refractivity contribution in [3.8, 4) is 0 Å². The number of aliphatic carboxylic acids is 1. The summed E-state index contributed by atoms with van der Waals surface area (Å²) in [6.45, 7) is 3.43. The molecule has 1 N–H and O–H groups in total. The molecule has 0 aromatic carbocycles. The van der Waals surface area contributed by atoms with E-state index in [1.165, 1.54) is 11.6 Å². The lowest BCUT2D eigenvalue weighted by Gasteiger charge is -2.07. The first-order valence-electron chi connectivity index (χ1n) is 4.46. The second kappa shape index (κ2) is 4.63. The van der Waals surface area contributed by atoms with Crippen molar-refractivity contribution in [2.24, 2.45) is 7.05 Å². The number of ether oxygens (including phenoxy) is 1. The largest absolute Gasteiger partial charge is 0.479 e. The average Bonchev–Trinajstić information content (AvgIpc) is 2.38. The number of carboxylic acid groups (broad SMARTS) is 1. The van der Waals surface area contributed by atoms with Crippen LogP contribution in [0.5, 0.6) is 0 Å². The van der Waals surface area contributed by atoms with Crippen molar-refractivity contribution in [2.45, 2.75) is 26.6 Å². The first-order valence-corrected chi connectivity index (χ1v) is 4.83. The van der Waals surface area contributed by atoms with Gasteiger partial charge in [0.2, 0.25) is 0 Å². The summed E-state index contributed by atoms with van der Waals surface area (Å²) in [5.74, 6) is -0.993. The Bertz CT molecular complexity index is 376. The van der Waals surface area contributed by atoms with Gasteiger partial charge in [-0.3, -0.25) is 4.68 Å². The summed E-state index contributed by atoms with van der Waals surface area (Å²) in [7, 11) is 1.72. The minimum Gasteiger partial charge on any atom is -0.479 e. The van der Waals surface area contributed by atoms with Crippen LogP contribution in [0.4, 0.5) is 0 Å². The van der Waals surface area contributed by atoms with Crippen LogP contribution in [0.3, 0.4) is 0 Å². The van der Waals surface area contributed by atoms with Crippen LogP contribution >= 0.6 is 11.6 Å². The number of hydrogen-bond donors (Lipinski definition) is 1. The van der Waals surface area contributed by atoms with Gasteiger partial charge in [0, 0.05) is 12.6 Å². The van der Waals surface area contributed by atoms with Crippen molar-refractivity contribution in [3.05, 3.63) is 16.4 Å². The molecule has 1 atom stereocenters. The Morgan fingerprint density at radius 3 is 2.73 bits per heavy atom. The van der Waals surface area contributed by atoms with E-state index in [0.717, 1.165) is 11.3 Å². The Balaban J connectivity index is 2.69. The van der Waals surface area contributed by atoms with Gasteiger partial charge in [0.15, 0.2) is 6.10 Å². The van der Waals surface area contributed by atoms with Crippen molar-refractivity contribution < 1.29 is 14.6 Å². The summed E-state index contributed by atoms with van der Waals surface area (Å²) in [6, 6.07) is 0. The third-order valence-electron chi connectivity index (χ3n) is 2.10. The molecule has 1 aromatic heterocycles. The highest BCUT2D eigenvalue weighted by atomic mass is 35.5. The Morgan fingerprint density at radius 2 is 2.33 bits per heavy atom. The van der Waals surface area contributed by atoms with E-state index in [4.69, 9.17) is 21.4 Å². The van der Waals surface area contributed by atoms with Crippen LogP contribution in [0, 0.1) is 6.92 Å². The summed E-state index contributed by atoms with van der Waals surface area (Å²) in [4.78, 5) is 10.5. The normalized spacial score (nSPS) is 12.8. The number of aryl methyl sites for hydroxylation is 2. The van der Waals surface area contributed by atoms with E-state index in [1.54, 1.807) is 14.0 Å². The Morgan fingerprint density at radius 1 is 1.73 bits per heavy atom. The molecule has 1 heterocycles. The van der Waals surface area contributed by atoms with Crippen LogP contribution in [0.2, 0.25) is 5.15 Å². The molecular weight excluding hydrogens is 220 g/mol. The van der Waals surface area contributed by atoms with Crippen LogP contribution in [0.1, 0.15) is 18.2 Å². The molecule has 1 rings (SSSR count). The molecule has 0 saturated heterocycles. The fraction of sp³-hybridized carbons (Fsp3) is 0.556. The quantitative estimate of drug-likeness (QED) is 0.852. The van der Waals surface area contributed by atoms with Crippen molar-refractivity contribution in [1.29, 1.82) is 0 Å². The monoisotopic (exact) mass is 232 g/mol. The lowest BCUT2D eigenvalue weighted by atomic mass is 10.3. The van der Waals surface area contributed by atoms with Crippen molar-refractivity contribution in [2.75, 3.05) is 0 Å². The van der Waals surface area contributed by atoms with E-state index < -0.39 is 12.1 Å². The molecule has 0 amide bonds. The predicted molar refractivity (Wildman–Crippen MR) is 54.8 cm³/mol. The molecule has 1 aromatic rings. The Labute approximate surface area is 92.6 Å². The van der Waals surface area contributed by atoms with E-state index in [-0.39, 0.29) is 6.61 Å². The number of nitrogens with zero attached hydrogens (tertiary/aromatic N) is 2. The summed E-state index contributed by atoms with van der Waals surface area (Å²) < 4.78 is 6.66.